The Morgan fingerprint density at radius 3 is 2.67 bits per heavy atom. The number of sulfonamides is 1. The van der Waals surface area contributed by atoms with Crippen LogP contribution < -0.4 is 9.62 Å². The van der Waals surface area contributed by atoms with Crippen molar-refractivity contribution >= 4 is 16.0 Å². The molecule has 1 heterocycles. The summed E-state index contributed by atoms with van der Waals surface area (Å²) in [4.78, 5) is 11.2. The zero-order valence-corrected chi connectivity index (χ0v) is 15.6. The van der Waals surface area contributed by atoms with E-state index in [1.807, 2.05) is 14.0 Å². The summed E-state index contributed by atoms with van der Waals surface area (Å²) in [5.74, 6) is 0.615. The average Bonchev–Trinajstić information content (AvgIpc) is 2.54. The first-order chi connectivity index (χ1) is 11.3. The van der Waals surface area contributed by atoms with Crippen LogP contribution in [0, 0.1) is 6.92 Å². The number of nitrogens with zero attached hydrogens (tertiary/aromatic N) is 3. The number of aromatic nitrogens is 2. The Morgan fingerprint density at radius 1 is 1.42 bits per heavy atom. The molecule has 1 aromatic heterocycles. The standard InChI is InChI=1S/C17H28N4O2S/c1-5-11-24(22,23)20-14(3)16-12-18-17(19-13(16)2)21(4)15-9-7-6-8-10-15/h5,12,14-15,20H,1,6-11H2,2-4H3. The summed E-state index contributed by atoms with van der Waals surface area (Å²) < 4.78 is 26.4. The van der Waals surface area contributed by atoms with Crippen LogP contribution in [-0.4, -0.2) is 37.2 Å². The van der Waals surface area contributed by atoms with Gasteiger partial charge in [0.1, 0.15) is 0 Å². The molecule has 0 bridgehead atoms. The number of aryl methyl sites for hydroxylation is 1. The topological polar surface area (TPSA) is 75.2 Å². The number of rotatable bonds is 7. The minimum Gasteiger partial charge on any atom is -0.341 e. The van der Waals surface area contributed by atoms with Gasteiger partial charge in [-0.2, -0.15) is 0 Å². The fourth-order valence-electron chi connectivity index (χ4n) is 3.23. The van der Waals surface area contributed by atoms with E-state index in [-0.39, 0.29) is 11.8 Å². The summed E-state index contributed by atoms with van der Waals surface area (Å²) in [5.41, 5.74) is 1.60. The van der Waals surface area contributed by atoms with E-state index in [2.05, 4.69) is 26.2 Å². The highest BCUT2D eigenvalue weighted by molar-refractivity contribution is 7.89. The second-order valence-corrected chi connectivity index (χ2v) is 8.32. The third-order valence-electron chi connectivity index (χ3n) is 4.60. The Balaban J connectivity index is 2.12. The van der Waals surface area contributed by atoms with Gasteiger partial charge in [-0.25, -0.2) is 23.1 Å². The van der Waals surface area contributed by atoms with Crippen molar-refractivity contribution in [1.29, 1.82) is 0 Å². The highest BCUT2D eigenvalue weighted by Crippen LogP contribution is 2.25. The van der Waals surface area contributed by atoms with Crippen LogP contribution in [0.3, 0.4) is 0 Å². The molecule has 0 amide bonds. The molecule has 1 aliphatic carbocycles. The van der Waals surface area contributed by atoms with Gasteiger partial charge in [0.05, 0.1) is 5.75 Å². The molecule has 134 valence electrons. The van der Waals surface area contributed by atoms with E-state index in [1.165, 1.54) is 38.2 Å². The third-order valence-corrected chi connectivity index (χ3v) is 5.99. The Kier molecular flexibility index (Phi) is 6.34. The summed E-state index contributed by atoms with van der Waals surface area (Å²) in [7, 11) is -1.33. The average molecular weight is 353 g/mol. The van der Waals surface area contributed by atoms with E-state index in [0.717, 1.165) is 11.3 Å². The van der Waals surface area contributed by atoms with Crippen LogP contribution in [0.1, 0.15) is 56.3 Å². The van der Waals surface area contributed by atoms with Crippen molar-refractivity contribution in [2.24, 2.45) is 0 Å². The summed E-state index contributed by atoms with van der Waals surface area (Å²) >= 11 is 0. The van der Waals surface area contributed by atoms with Crippen molar-refractivity contribution in [1.82, 2.24) is 14.7 Å². The molecule has 1 unspecified atom stereocenters. The minimum atomic E-state index is -3.37. The molecule has 1 saturated carbocycles. The van der Waals surface area contributed by atoms with Crippen LogP contribution in [0.4, 0.5) is 5.95 Å². The largest absolute Gasteiger partial charge is 0.341 e. The minimum absolute atomic E-state index is 0.0975. The molecule has 24 heavy (non-hydrogen) atoms. The maximum Gasteiger partial charge on any atom is 0.225 e. The Bertz CT molecular complexity index is 669. The lowest BCUT2D eigenvalue weighted by Gasteiger charge is -2.31. The number of nitrogens with one attached hydrogen (secondary N) is 1. The van der Waals surface area contributed by atoms with E-state index in [4.69, 9.17) is 0 Å². The third kappa shape index (κ3) is 4.77. The van der Waals surface area contributed by atoms with E-state index in [9.17, 15) is 8.42 Å². The monoisotopic (exact) mass is 352 g/mol. The maximum atomic E-state index is 11.9. The van der Waals surface area contributed by atoms with Crippen LogP contribution >= 0.6 is 0 Å². The van der Waals surface area contributed by atoms with Crippen LogP contribution in [0.2, 0.25) is 0 Å². The van der Waals surface area contributed by atoms with Crippen molar-refractivity contribution < 1.29 is 8.42 Å². The van der Waals surface area contributed by atoms with E-state index < -0.39 is 10.0 Å². The molecule has 1 atom stereocenters. The fourth-order valence-corrected chi connectivity index (χ4v) is 4.30. The zero-order chi connectivity index (χ0) is 17.7. The molecule has 1 fully saturated rings. The van der Waals surface area contributed by atoms with Gasteiger partial charge in [0.15, 0.2) is 0 Å². The van der Waals surface area contributed by atoms with Crippen LogP contribution in [0.5, 0.6) is 0 Å². The van der Waals surface area contributed by atoms with Gasteiger partial charge in [-0.05, 0) is 26.7 Å². The predicted molar refractivity (Wildman–Crippen MR) is 97.6 cm³/mol. The Morgan fingerprint density at radius 2 is 2.08 bits per heavy atom. The highest BCUT2D eigenvalue weighted by Gasteiger charge is 2.22. The maximum absolute atomic E-state index is 11.9. The molecule has 0 spiro atoms. The molecule has 0 saturated heterocycles. The van der Waals surface area contributed by atoms with Gasteiger partial charge in [0, 0.05) is 36.6 Å². The SMILES string of the molecule is C=CCS(=O)(=O)NC(C)c1cnc(N(C)C2CCCCC2)nc1C. The highest BCUT2D eigenvalue weighted by atomic mass is 32.2. The summed E-state index contributed by atoms with van der Waals surface area (Å²) in [6.07, 6.45) is 9.30. The van der Waals surface area contributed by atoms with Crippen molar-refractivity contribution in [3.05, 3.63) is 30.1 Å². The lowest BCUT2D eigenvalue weighted by molar-refractivity contribution is 0.424. The second-order valence-electron chi connectivity index (χ2n) is 6.52. The molecule has 0 radical (unpaired) electrons. The normalized spacial score (nSPS) is 17.5. The predicted octanol–water partition coefficient (Wildman–Crippen LogP) is 2.72. The lowest BCUT2D eigenvalue weighted by Crippen LogP contribution is -2.35. The molecular formula is C17H28N4O2S. The number of hydrogen-bond donors (Lipinski definition) is 1. The second kappa shape index (κ2) is 8.07. The molecule has 2 rings (SSSR count). The first-order valence-electron chi connectivity index (χ1n) is 8.51. The molecule has 0 aromatic carbocycles. The fraction of sp³-hybridized carbons (Fsp3) is 0.647. The quantitative estimate of drug-likeness (QED) is 0.764. The summed E-state index contributed by atoms with van der Waals surface area (Å²) in [5, 5.41) is 0. The van der Waals surface area contributed by atoms with Gasteiger partial charge in [-0.3, -0.25) is 0 Å². The first-order valence-corrected chi connectivity index (χ1v) is 10.2. The first kappa shape index (κ1) is 18.9. The van der Waals surface area contributed by atoms with E-state index in [1.54, 1.807) is 13.1 Å². The molecule has 7 heteroatoms. The van der Waals surface area contributed by atoms with Gasteiger partial charge in [0.25, 0.3) is 0 Å². The van der Waals surface area contributed by atoms with E-state index in [0.29, 0.717) is 12.0 Å². The van der Waals surface area contributed by atoms with E-state index >= 15 is 0 Å². The van der Waals surface area contributed by atoms with Gasteiger partial charge >= 0.3 is 0 Å². The van der Waals surface area contributed by atoms with Gasteiger partial charge in [-0.1, -0.05) is 25.3 Å². The number of hydrogen-bond acceptors (Lipinski definition) is 5. The van der Waals surface area contributed by atoms with Gasteiger partial charge in [0.2, 0.25) is 16.0 Å². The molecule has 1 aromatic rings. The lowest BCUT2D eigenvalue weighted by atomic mass is 9.95. The van der Waals surface area contributed by atoms with Gasteiger partial charge < -0.3 is 4.90 Å². The van der Waals surface area contributed by atoms with Crippen molar-refractivity contribution in [3.8, 4) is 0 Å². The zero-order valence-electron chi connectivity index (χ0n) is 14.8. The molecule has 0 aliphatic heterocycles. The van der Waals surface area contributed by atoms with Crippen LogP contribution in [0.25, 0.3) is 0 Å². The number of anilines is 1. The Labute approximate surface area is 145 Å². The van der Waals surface area contributed by atoms with Crippen molar-refractivity contribution in [3.63, 3.8) is 0 Å². The smallest absolute Gasteiger partial charge is 0.225 e. The van der Waals surface area contributed by atoms with Crippen LogP contribution in [-0.2, 0) is 10.0 Å². The Hall–Kier alpha value is -1.47. The summed E-state index contributed by atoms with van der Waals surface area (Å²) in [6, 6.07) is 0.122. The molecule has 6 nitrogen and oxygen atoms in total. The molecule has 1 N–H and O–H groups in total. The van der Waals surface area contributed by atoms with Gasteiger partial charge in [-0.15, -0.1) is 6.58 Å². The van der Waals surface area contributed by atoms with Crippen LogP contribution in [0.15, 0.2) is 18.9 Å². The van der Waals surface area contributed by atoms with Crippen molar-refractivity contribution in [2.75, 3.05) is 17.7 Å². The molecular weight excluding hydrogens is 324 g/mol. The van der Waals surface area contributed by atoms with Crippen molar-refractivity contribution in [2.45, 2.75) is 58.0 Å². The summed E-state index contributed by atoms with van der Waals surface area (Å²) in [6.45, 7) is 7.17. The molecule has 1 aliphatic rings.